The molecule has 0 aliphatic carbocycles. The number of rotatable bonds is 5. The van der Waals surface area contributed by atoms with Crippen molar-refractivity contribution in [1.82, 2.24) is 25.4 Å². The first-order valence-corrected chi connectivity index (χ1v) is 8.79. The molecule has 0 radical (unpaired) electrons. The van der Waals surface area contributed by atoms with Gasteiger partial charge in [-0.3, -0.25) is 14.7 Å². The van der Waals surface area contributed by atoms with E-state index in [0.29, 0.717) is 30.8 Å². The predicted molar refractivity (Wildman–Crippen MR) is 94.6 cm³/mol. The highest BCUT2D eigenvalue weighted by Crippen LogP contribution is 2.14. The lowest BCUT2D eigenvalue weighted by Gasteiger charge is -2.36. The molecule has 9 heteroatoms. The number of β-amino-alcohol motifs (C(OH)–C–C–N with tert-alkyl or cyclic N) is 1. The molecule has 2 heterocycles. The fourth-order valence-corrected chi connectivity index (χ4v) is 3.08. The van der Waals surface area contributed by atoms with E-state index in [1.54, 1.807) is 29.2 Å². The van der Waals surface area contributed by atoms with Gasteiger partial charge in [0.05, 0.1) is 12.1 Å². The molecule has 0 spiro atoms. The number of nitrogens with zero attached hydrogens (tertiary/aromatic N) is 3. The van der Waals surface area contributed by atoms with Crippen LogP contribution in [0.1, 0.15) is 29.0 Å². The molecule has 2 atom stereocenters. The van der Waals surface area contributed by atoms with E-state index in [1.165, 1.54) is 0 Å². The van der Waals surface area contributed by atoms with E-state index in [4.69, 9.17) is 11.6 Å². The van der Waals surface area contributed by atoms with Crippen LogP contribution in [0.15, 0.2) is 30.3 Å². The van der Waals surface area contributed by atoms with Crippen molar-refractivity contribution in [2.45, 2.75) is 31.4 Å². The Kier molecular flexibility index (Phi) is 5.85. The highest BCUT2D eigenvalue weighted by Gasteiger charge is 2.31. The van der Waals surface area contributed by atoms with Crippen LogP contribution >= 0.6 is 11.6 Å². The molecule has 0 bridgehead atoms. The number of aliphatic hydroxyl groups is 1. The summed E-state index contributed by atoms with van der Waals surface area (Å²) in [5.74, 6) is 0.245. The molecule has 1 saturated heterocycles. The number of benzene rings is 1. The Morgan fingerprint density at radius 1 is 1.35 bits per heavy atom. The first-order valence-electron chi connectivity index (χ1n) is 8.41. The number of hydrogen-bond acceptors (Lipinski definition) is 5. The maximum Gasteiger partial charge on any atom is 0.251 e. The quantitative estimate of drug-likeness (QED) is 0.713. The number of aromatic nitrogens is 3. The first-order chi connectivity index (χ1) is 12.5. The van der Waals surface area contributed by atoms with Gasteiger partial charge >= 0.3 is 0 Å². The number of halogens is 1. The van der Waals surface area contributed by atoms with Crippen molar-refractivity contribution in [2.24, 2.45) is 0 Å². The van der Waals surface area contributed by atoms with Gasteiger partial charge in [0.1, 0.15) is 5.82 Å². The normalized spacial score (nSPS) is 20.0. The Morgan fingerprint density at radius 2 is 2.12 bits per heavy atom. The Balaban J connectivity index is 1.48. The van der Waals surface area contributed by atoms with Gasteiger partial charge in [-0.2, -0.15) is 0 Å². The molecule has 1 aliphatic heterocycles. The maximum atomic E-state index is 12.3. The van der Waals surface area contributed by atoms with Crippen LogP contribution in [0.25, 0.3) is 0 Å². The summed E-state index contributed by atoms with van der Waals surface area (Å²) in [6.07, 6.45) is 0.346. The molecule has 8 nitrogen and oxygen atoms in total. The van der Waals surface area contributed by atoms with Gasteiger partial charge in [-0.05, 0) is 30.2 Å². The standard InChI is InChI=1S/C17H20ClN5O3/c18-17-20-14(21-22-17)6-7-15(25)23-9-8-12(13(24)10-23)19-16(26)11-4-2-1-3-5-11/h1-5,12-13,24H,6-10H2,(H,19,26)(H,20,21,22)/t12-,13-/m1/s1. The molecule has 0 unspecified atom stereocenters. The van der Waals surface area contributed by atoms with Gasteiger partial charge in [0.2, 0.25) is 11.2 Å². The number of carbonyl (C=O) groups excluding carboxylic acids is 2. The van der Waals surface area contributed by atoms with Crippen LogP contribution < -0.4 is 5.32 Å². The van der Waals surface area contributed by atoms with Gasteiger partial charge in [0, 0.05) is 31.5 Å². The zero-order valence-corrected chi connectivity index (χ0v) is 14.8. The van der Waals surface area contributed by atoms with E-state index in [-0.39, 0.29) is 36.1 Å². The van der Waals surface area contributed by atoms with E-state index in [2.05, 4.69) is 20.5 Å². The van der Waals surface area contributed by atoms with Crippen molar-refractivity contribution in [2.75, 3.05) is 13.1 Å². The highest BCUT2D eigenvalue weighted by atomic mass is 35.5. The van der Waals surface area contributed by atoms with Gasteiger partial charge in [-0.15, -0.1) is 5.10 Å². The first kappa shape index (κ1) is 18.3. The van der Waals surface area contributed by atoms with Crippen LogP contribution in [-0.2, 0) is 11.2 Å². The van der Waals surface area contributed by atoms with Crippen molar-refractivity contribution >= 4 is 23.4 Å². The van der Waals surface area contributed by atoms with Crippen LogP contribution in [-0.4, -0.2) is 62.2 Å². The van der Waals surface area contributed by atoms with Gasteiger partial charge < -0.3 is 15.3 Å². The van der Waals surface area contributed by atoms with Crippen LogP contribution in [0.2, 0.25) is 5.28 Å². The van der Waals surface area contributed by atoms with Crippen molar-refractivity contribution in [3.63, 3.8) is 0 Å². The third kappa shape index (κ3) is 4.59. The van der Waals surface area contributed by atoms with E-state index < -0.39 is 6.10 Å². The lowest BCUT2D eigenvalue weighted by molar-refractivity contribution is -0.134. The molecule has 1 aliphatic rings. The number of nitrogens with one attached hydrogen (secondary N) is 2. The number of aliphatic hydroxyl groups excluding tert-OH is 1. The van der Waals surface area contributed by atoms with Crippen LogP contribution in [0, 0.1) is 0 Å². The zero-order valence-electron chi connectivity index (χ0n) is 14.1. The summed E-state index contributed by atoms with van der Waals surface area (Å²) in [5, 5.41) is 19.6. The Bertz CT molecular complexity index is 767. The predicted octanol–water partition coefficient (Wildman–Crippen LogP) is 0.782. The van der Waals surface area contributed by atoms with Gasteiger partial charge in [-0.25, -0.2) is 4.98 Å². The fourth-order valence-electron chi connectivity index (χ4n) is 2.94. The molecule has 2 aromatic rings. The number of amides is 2. The third-order valence-electron chi connectivity index (χ3n) is 4.37. The molecule has 0 saturated carbocycles. The minimum absolute atomic E-state index is 0.0793. The smallest absolute Gasteiger partial charge is 0.251 e. The van der Waals surface area contributed by atoms with E-state index in [9.17, 15) is 14.7 Å². The number of piperidine rings is 1. The lowest BCUT2D eigenvalue weighted by Crippen LogP contribution is -2.55. The summed E-state index contributed by atoms with van der Waals surface area (Å²) < 4.78 is 0. The van der Waals surface area contributed by atoms with E-state index >= 15 is 0 Å². The average Bonchev–Trinajstić information content (AvgIpc) is 3.07. The summed E-state index contributed by atoms with van der Waals surface area (Å²) in [7, 11) is 0. The Morgan fingerprint density at radius 3 is 2.77 bits per heavy atom. The minimum atomic E-state index is -0.805. The second-order valence-corrected chi connectivity index (χ2v) is 6.53. The van der Waals surface area contributed by atoms with Crippen LogP contribution in [0.5, 0.6) is 0 Å². The molecule has 3 rings (SSSR count). The third-order valence-corrected chi connectivity index (χ3v) is 4.54. The SMILES string of the molecule is O=C(N[C@@H]1CCN(C(=O)CCc2nc(Cl)n[nH]2)C[C@H]1O)c1ccccc1. The number of likely N-dealkylation sites (tertiary alicyclic amines) is 1. The van der Waals surface area contributed by atoms with Gasteiger partial charge in [0.15, 0.2) is 0 Å². The van der Waals surface area contributed by atoms with E-state index in [1.807, 2.05) is 6.07 Å². The molecular weight excluding hydrogens is 358 g/mol. The second kappa shape index (κ2) is 8.29. The molecule has 1 fully saturated rings. The molecule has 1 aromatic carbocycles. The van der Waals surface area contributed by atoms with Crippen molar-refractivity contribution < 1.29 is 14.7 Å². The highest BCUT2D eigenvalue weighted by molar-refractivity contribution is 6.28. The lowest BCUT2D eigenvalue weighted by atomic mass is 10.0. The average molecular weight is 378 g/mol. The number of hydrogen-bond donors (Lipinski definition) is 3. The summed E-state index contributed by atoms with van der Waals surface area (Å²) in [6.45, 7) is 0.669. The van der Waals surface area contributed by atoms with E-state index in [0.717, 1.165) is 0 Å². The Hall–Kier alpha value is -2.45. The fraction of sp³-hybridized carbons (Fsp3) is 0.412. The summed E-state index contributed by atoms with van der Waals surface area (Å²) >= 11 is 5.63. The minimum Gasteiger partial charge on any atom is -0.389 e. The summed E-state index contributed by atoms with van der Waals surface area (Å²) in [5.41, 5.74) is 0.545. The molecule has 138 valence electrons. The zero-order chi connectivity index (χ0) is 18.5. The van der Waals surface area contributed by atoms with Crippen molar-refractivity contribution in [1.29, 1.82) is 0 Å². The molecule has 2 amide bonds. The molecule has 26 heavy (non-hydrogen) atoms. The largest absolute Gasteiger partial charge is 0.389 e. The molecule has 1 aromatic heterocycles. The van der Waals surface area contributed by atoms with Crippen molar-refractivity contribution in [3.8, 4) is 0 Å². The summed E-state index contributed by atoms with van der Waals surface area (Å²) in [4.78, 5) is 30.1. The van der Waals surface area contributed by atoms with Crippen LogP contribution in [0.4, 0.5) is 0 Å². The topological polar surface area (TPSA) is 111 Å². The number of aryl methyl sites for hydroxylation is 1. The van der Waals surface area contributed by atoms with Gasteiger partial charge in [0.25, 0.3) is 5.91 Å². The monoisotopic (exact) mass is 377 g/mol. The van der Waals surface area contributed by atoms with Crippen molar-refractivity contribution in [3.05, 3.63) is 47.0 Å². The Labute approximate surface area is 155 Å². The maximum absolute atomic E-state index is 12.3. The van der Waals surface area contributed by atoms with Gasteiger partial charge in [-0.1, -0.05) is 18.2 Å². The molecule has 3 N–H and O–H groups in total. The second-order valence-electron chi connectivity index (χ2n) is 6.19. The number of aromatic amines is 1. The summed E-state index contributed by atoms with van der Waals surface area (Å²) in [6, 6.07) is 8.47. The van der Waals surface area contributed by atoms with Crippen LogP contribution in [0.3, 0.4) is 0 Å². The molecular formula is C17H20ClN5O3. The number of H-pyrrole nitrogens is 1. The number of carbonyl (C=O) groups is 2.